The van der Waals surface area contributed by atoms with E-state index in [4.69, 9.17) is 17.5 Å². The minimum atomic E-state index is -4.67. The monoisotopic (exact) mass is 310 g/mol. The Balaban J connectivity index is -0.000000414. The van der Waals surface area contributed by atoms with Crippen LogP contribution in [0.3, 0.4) is 0 Å². The predicted octanol–water partition coefficient (Wildman–Crippen LogP) is 0.990. The normalized spacial score (nSPS) is 12.1. The summed E-state index contributed by atoms with van der Waals surface area (Å²) in [6.07, 6.45) is 8.24. The molecule has 0 aliphatic carbocycles. The third-order valence-corrected chi connectivity index (χ3v) is 2.40. The van der Waals surface area contributed by atoms with Crippen molar-refractivity contribution in [1.82, 2.24) is 0 Å². The molecule has 0 aromatic carbocycles. The Bertz CT molecular complexity index is 267. The molecule has 20 heavy (non-hydrogen) atoms. The summed E-state index contributed by atoms with van der Waals surface area (Å²) in [5.74, 6) is 0. The molecule has 0 spiro atoms. The largest absolute Gasteiger partial charge is 1.00 e. The van der Waals surface area contributed by atoms with E-state index in [1.807, 2.05) is 0 Å². The zero-order valence-corrected chi connectivity index (χ0v) is 13.0. The summed E-state index contributed by atoms with van der Waals surface area (Å²) in [6, 6.07) is 0. The van der Waals surface area contributed by atoms with Crippen LogP contribution in [0.2, 0.25) is 0 Å². The SMILES string of the molecule is O=S(=O)(O)O.[CH2-]C(F)CCCCCCCCCCF.[Li+]. The second kappa shape index (κ2) is 17.4. The van der Waals surface area contributed by atoms with Crippen molar-refractivity contribution in [3.63, 3.8) is 0 Å². The van der Waals surface area contributed by atoms with Crippen molar-refractivity contribution < 1.29 is 45.2 Å². The minimum Gasteiger partial charge on any atom is -0.310 e. The number of hydrogen-bond donors (Lipinski definition) is 2. The van der Waals surface area contributed by atoms with Gasteiger partial charge in [-0.1, -0.05) is 51.4 Å². The van der Waals surface area contributed by atoms with Gasteiger partial charge in [-0.05, 0) is 12.6 Å². The van der Waals surface area contributed by atoms with Crippen LogP contribution in [-0.2, 0) is 10.4 Å². The van der Waals surface area contributed by atoms with E-state index in [9.17, 15) is 8.78 Å². The molecule has 0 aliphatic heterocycles. The number of halogens is 2. The van der Waals surface area contributed by atoms with E-state index >= 15 is 0 Å². The topological polar surface area (TPSA) is 74.6 Å². The van der Waals surface area contributed by atoms with Crippen molar-refractivity contribution in [3.05, 3.63) is 6.92 Å². The Morgan fingerprint density at radius 3 is 1.50 bits per heavy atom. The fourth-order valence-electron chi connectivity index (χ4n) is 1.52. The molecule has 0 heterocycles. The first-order valence-electron chi connectivity index (χ1n) is 6.50. The first-order chi connectivity index (χ1) is 8.77. The third kappa shape index (κ3) is 42.9. The van der Waals surface area contributed by atoms with E-state index < -0.39 is 16.6 Å². The quantitative estimate of drug-likeness (QED) is 0.273. The van der Waals surface area contributed by atoms with Crippen LogP contribution in [-0.4, -0.2) is 30.4 Å². The Hall–Kier alpha value is 0.327. The summed E-state index contributed by atoms with van der Waals surface area (Å²) in [4.78, 5) is 0. The van der Waals surface area contributed by atoms with Crippen molar-refractivity contribution in [1.29, 1.82) is 0 Å². The Morgan fingerprint density at radius 1 is 0.900 bits per heavy atom. The van der Waals surface area contributed by atoms with Crippen LogP contribution in [0.1, 0.15) is 57.8 Å². The van der Waals surface area contributed by atoms with Gasteiger partial charge in [-0.3, -0.25) is 17.9 Å². The summed E-state index contributed by atoms with van der Waals surface area (Å²) in [7, 11) is -4.67. The van der Waals surface area contributed by atoms with Crippen molar-refractivity contribution in [3.8, 4) is 0 Å². The van der Waals surface area contributed by atoms with Gasteiger partial charge in [0.1, 0.15) is 0 Å². The zero-order valence-electron chi connectivity index (χ0n) is 12.2. The number of unbranched alkanes of at least 4 members (excludes halogenated alkanes) is 7. The summed E-state index contributed by atoms with van der Waals surface area (Å²) in [6.45, 7) is 3.12. The van der Waals surface area contributed by atoms with Gasteiger partial charge >= 0.3 is 29.3 Å². The average molecular weight is 310 g/mol. The zero-order chi connectivity index (χ0) is 15.1. The molecule has 118 valence electrons. The first kappa shape index (κ1) is 25.3. The molecule has 0 fully saturated rings. The molecule has 8 heteroatoms. The number of hydrogen-bond acceptors (Lipinski definition) is 2. The van der Waals surface area contributed by atoms with Crippen LogP contribution < -0.4 is 18.9 Å². The van der Waals surface area contributed by atoms with Crippen LogP contribution >= 0.6 is 0 Å². The summed E-state index contributed by atoms with van der Waals surface area (Å²) < 4.78 is 55.6. The Kier molecular flexibility index (Phi) is 22.0. The van der Waals surface area contributed by atoms with Gasteiger partial charge in [-0.2, -0.15) is 8.42 Å². The fourth-order valence-corrected chi connectivity index (χ4v) is 1.52. The molecule has 4 nitrogen and oxygen atoms in total. The molecule has 0 rings (SSSR count). The van der Waals surface area contributed by atoms with Gasteiger partial charge in [0.15, 0.2) is 0 Å². The van der Waals surface area contributed by atoms with Crippen molar-refractivity contribution in [2.75, 3.05) is 6.67 Å². The molecule has 0 aromatic rings. The van der Waals surface area contributed by atoms with Crippen molar-refractivity contribution in [2.24, 2.45) is 0 Å². The van der Waals surface area contributed by atoms with Gasteiger partial charge in [0, 0.05) is 0 Å². The van der Waals surface area contributed by atoms with Crippen LogP contribution in [0.4, 0.5) is 8.78 Å². The van der Waals surface area contributed by atoms with Crippen LogP contribution in [0.15, 0.2) is 0 Å². The van der Waals surface area contributed by atoms with Gasteiger partial charge in [-0.15, -0.1) is 0 Å². The number of rotatable bonds is 10. The smallest absolute Gasteiger partial charge is 0.310 e. The first-order valence-corrected chi connectivity index (χ1v) is 7.90. The van der Waals surface area contributed by atoms with Gasteiger partial charge in [0.25, 0.3) is 0 Å². The van der Waals surface area contributed by atoms with E-state index in [0.717, 1.165) is 25.7 Å². The van der Waals surface area contributed by atoms with E-state index in [1.54, 1.807) is 0 Å². The maximum absolute atomic E-state index is 12.3. The van der Waals surface area contributed by atoms with E-state index in [-0.39, 0.29) is 25.5 Å². The predicted molar refractivity (Wildman–Crippen MR) is 72.0 cm³/mol. The fraction of sp³-hybridized carbons (Fsp3) is 0.917. The molecule has 1 unspecified atom stereocenters. The molecule has 2 N–H and O–H groups in total. The summed E-state index contributed by atoms with van der Waals surface area (Å²) in [5.41, 5.74) is 0. The van der Waals surface area contributed by atoms with Gasteiger partial charge in [0.05, 0.1) is 6.67 Å². The van der Waals surface area contributed by atoms with Crippen LogP contribution in [0.25, 0.3) is 0 Å². The molecular formula is C12H25F2LiO4S. The molecular weight excluding hydrogens is 285 g/mol. The maximum Gasteiger partial charge on any atom is 1.00 e. The molecule has 0 radical (unpaired) electrons. The van der Waals surface area contributed by atoms with Gasteiger partial charge in [-0.25, -0.2) is 0 Å². The van der Waals surface area contributed by atoms with E-state index in [0.29, 0.717) is 12.8 Å². The van der Waals surface area contributed by atoms with E-state index in [1.165, 1.54) is 19.3 Å². The number of alkyl halides is 2. The van der Waals surface area contributed by atoms with Gasteiger partial charge in [0.2, 0.25) is 0 Å². The summed E-state index contributed by atoms with van der Waals surface area (Å²) in [5, 5.41) is 0. The molecule has 0 amide bonds. The molecule has 0 aliphatic rings. The van der Waals surface area contributed by atoms with Crippen molar-refractivity contribution in [2.45, 2.75) is 64.0 Å². The molecule has 0 saturated carbocycles. The standard InChI is InChI=1S/C12H23F2.Li.H2O4S/c1-12(14)10-8-6-4-2-3-5-7-9-11-13;;1-5(2,3)4/h12H,1-11H2;;(H2,1,2,3,4)/q-1;+1;. The molecule has 0 saturated heterocycles. The Morgan fingerprint density at radius 2 is 1.20 bits per heavy atom. The minimum absolute atomic E-state index is 0. The average Bonchev–Trinajstić information content (AvgIpc) is 2.24. The second-order valence-corrected chi connectivity index (χ2v) is 5.25. The maximum atomic E-state index is 12.3. The van der Waals surface area contributed by atoms with E-state index in [2.05, 4.69) is 6.92 Å². The Labute approximate surface area is 133 Å². The molecule has 0 aromatic heterocycles. The second-order valence-electron chi connectivity index (χ2n) is 4.35. The molecule has 1 atom stereocenters. The van der Waals surface area contributed by atoms with Crippen molar-refractivity contribution >= 4 is 10.4 Å². The third-order valence-electron chi connectivity index (χ3n) is 2.40. The molecule has 0 bridgehead atoms. The van der Waals surface area contributed by atoms with Crippen LogP contribution in [0.5, 0.6) is 0 Å². The summed E-state index contributed by atoms with van der Waals surface area (Å²) >= 11 is 0. The van der Waals surface area contributed by atoms with Crippen LogP contribution in [0, 0.1) is 6.92 Å². The van der Waals surface area contributed by atoms with Gasteiger partial charge < -0.3 is 6.92 Å².